The SMILES string of the molecule is Cc1cccc(-c2[nH]c(C3CCN(S(=O)(=O)c4ccc(-c5ccccc5)cc4)CC3)nc2-c2ccc3c(c2)OCO3)n1. The molecular formula is C33H30N4O4S. The zero-order chi connectivity index (χ0) is 28.7. The summed E-state index contributed by atoms with van der Waals surface area (Å²) < 4.78 is 39.7. The number of pyridine rings is 1. The van der Waals surface area contributed by atoms with Crippen LogP contribution in [0.4, 0.5) is 0 Å². The second kappa shape index (κ2) is 10.7. The second-order valence-electron chi connectivity index (χ2n) is 10.6. The summed E-state index contributed by atoms with van der Waals surface area (Å²) in [7, 11) is -3.60. The van der Waals surface area contributed by atoms with Gasteiger partial charge in [0.2, 0.25) is 16.8 Å². The molecule has 1 fully saturated rings. The monoisotopic (exact) mass is 578 g/mol. The third kappa shape index (κ3) is 4.95. The van der Waals surface area contributed by atoms with E-state index in [4.69, 9.17) is 19.4 Å². The topological polar surface area (TPSA) is 97.4 Å². The average Bonchev–Trinajstić information content (AvgIpc) is 3.69. The molecule has 42 heavy (non-hydrogen) atoms. The molecule has 3 aromatic carbocycles. The lowest BCUT2D eigenvalue weighted by molar-refractivity contribution is 0.174. The fourth-order valence-electron chi connectivity index (χ4n) is 5.67. The number of H-pyrrole nitrogens is 1. The first-order valence-electron chi connectivity index (χ1n) is 14.1. The van der Waals surface area contributed by atoms with E-state index in [2.05, 4.69) is 4.98 Å². The number of imidazole rings is 1. The molecule has 0 bridgehead atoms. The predicted molar refractivity (Wildman–Crippen MR) is 161 cm³/mol. The molecule has 1 N–H and O–H groups in total. The van der Waals surface area contributed by atoms with E-state index in [0.717, 1.165) is 45.3 Å². The Morgan fingerprint density at radius 2 is 1.50 bits per heavy atom. The van der Waals surface area contributed by atoms with Gasteiger partial charge in [0, 0.05) is 30.3 Å². The highest BCUT2D eigenvalue weighted by Crippen LogP contribution is 2.40. The van der Waals surface area contributed by atoms with Gasteiger partial charge in [0.25, 0.3) is 0 Å². The van der Waals surface area contributed by atoms with Crippen LogP contribution in [0.2, 0.25) is 0 Å². The van der Waals surface area contributed by atoms with E-state index in [1.165, 1.54) is 0 Å². The van der Waals surface area contributed by atoms with Crippen molar-refractivity contribution in [2.75, 3.05) is 19.9 Å². The number of aromatic amines is 1. The molecule has 0 amide bonds. The number of aromatic nitrogens is 3. The van der Waals surface area contributed by atoms with E-state index in [-0.39, 0.29) is 12.7 Å². The third-order valence-corrected chi connectivity index (χ3v) is 9.87. The summed E-state index contributed by atoms with van der Waals surface area (Å²) in [4.78, 5) is 13.7. The van der Waals surface area contributed by atoms with E-state index >= 15 is 0 Å². The maximum atomic E-state index is 13.5. The molecule has 0 radical (unpaired) electrons. The Hall–Kier alpha value is -4.47. The fraction of sp³-hybridized carbons (Fsp3) is 0.212. The highest BCUT2D eigenvalue weighted by Gasteiger charge is 2.32. The van der Waals surface area contributed by atoms with Crippen LogP contribution in [0.25, 0.3) is 33.8 Å². The Bertz CT molecular complexity index is 1850. The van der Waals surface area contributed by atoms with E-state index in [1.807, 2.05) is 85.8 Å². The van der Waals surface area contributed by atoms with Gasteiger partial charge in [-0.25, -0.2) is 13.4 Å². The fourth-order valence-corrected chi connectivity index (χ4v) is 7.14. The minimum atomic E-state index is -3.60. The number of rotatable bonds is 6. The number of aryl methyl sites for hydroxylation is 1. The largest absolute Gasteiger partial charge is 0.454 e. The van der Waals surface area contributed by atoms with Gasteiger partial charge in [0.05, 0.1) is 22.0 Å². The Labute approximate surface area is 245 Å². The van der Waals surface area contributed by atoms with Crippen LogP contribution in [0.3, 0.4) is 0 Å². The van der Waals surface area contributed by atoms with E-state index < -0.39 is 10.0 Å². The van der Waals surface area contributed by atoms with Crippen molar-refractivity contribution >= 4 is 10.0 Å². The van der Waals surface area contributed by atoms with Gasteiger partial charge in [0.1, 0.15) is 5.82 Å². The highest BCUT2D eigenvalue weighted by molar-refractivity contribution is 7.89. The number of fused-ring (bicyclic) bond motifs is 1. The number of hydrogen-bond donors (Lipinski definition) is 1. The minimum Gasteiger partial charge on any atom is -0.454 e. The molecule has 5 aromatic rings. The molecule has 2 aromatic heterocycles. The normalized spacial score (nSPS) is 15.6. The molecule has 1 saturated heterocycles. The molecule has 212 valence electrons. The maximum Gasteiger partial charge on any atom is 0.243 e. The van der Waals surface area contributed by atoms with Crippen LogP contribution in [-0.4, -0.2) is 47.6 Å². The van der Waals surface area contributed by atoms with Gasteiger partial charge in [-0.2, -0.15) is 4.31 Å². The minimum absolute atomic E-state index is 0.0863. The molecule has 2 aliphatic rings. The highest BCUT2D eigenvalue weighted by atomic mass is 32.2. The van der Waals surface area contributed by atoms with Crippen LogP contribution in [0.5, 0.6) is 11.5 Å². The molecule has 8 nitrogen and oxygen atoms in total. The zero-order valence-corrected chi connectivity index (χ0v) is 24.0. The van der Waals surface area contributed by atoms with Crippen molar-refractivity contribution in [3.8, 4) is 45.3 Å². The van der Waals surface area contributed by atoms with Gasteiger partial charge >= 0.3 is 0 Å². The van der Waals surface area contributed by atoms with Crippen molar-refractivity contribution in [1.82, 2.24) is 19.3 Å². The number of nitrogens with zero attached hydrogens (tertiary/aromatic N) is 3. The van der Waals surface area contributed by atoms with Crippen LogP contribution >= 0.6 is 0 Å². The molecule has 0 spiro atoms. The van der Waals surface area contributed by atoms with Crippen LogP contribution in [0.1, 0.15) is 30.3 Å². The predicted octanol–water partition coefficient (Wildman–Crippen LogP) is 6.41. The van der Waals surface area contributed by atoms with Crippen molar-refractivity contribution < 1.29 is 17.9 Å². The lowest BCUT2D eigenvalue weighted by Crippen LogP contribution is -2.38. The lowest BCUT2D eigenvalue weighted by Gasteiger charge is -2.30. The Morgan fingerprint density at radius 1 is 0.786 bits per heavy atom. The van der Waals surface area contributed by atoms with Crippen molar-refractivity contribution in [3.63, 3.8) is 0 Å². The van der Waals surface area contributed by atoms with Crippen molar-refractivity contribution in [2.24, 2.45) is 0 Å². The first kappa shape index (κ1) is 26.4. The summed E-state index contributed by atoms with van der Waals surface area (Å²) in [5, 5.41) is 0. The molecule has 0 atom stereocenters. The average molecular weight is 579 g/mol. The second-order valence-corrected chi connectivity index (χ2v) is 12.6. The van der Waals surface area contributed by atoms with Gasteiger partial charge in [-0.3, -0.25) is 4.98 Å². The number of hydrogen-bond acceptors (Lipinski definition) is 6. The standard InChI is InChI=1S/C33H30N4O4S/c1-22-6-5-9-28(34-22)32-31(26-12-15-29-30(20-26)41-21-40-29)35-33(36-32)25-16-18-37(19-17-25)42(38,39)27-13-10-24(11-14-27)23-7-3-2-4-8-23/h2-15,20,25H,16-19,21H2,1H3,(H,35,36). The number of ether oxygens (including phenoxy) is 2. The molecule has 0 saturated carbocycles. The number of piperidine rings is 1. The van der Waals surface area contributed by atoms with Crippen molar-refractivity contribution in [3.05, 3.63) is 103 Å². The molecular weight excluding hydrogens is 548 g/mol. The van der Waals surface area contributed by atoms with E-state index in [9.17, 15) is 8.42 Å². The van der Waals surface area contributed by atoms with Gasteiger partial charge in [-0.15, -0.1) is 0 Å². The van der Waals surface area contributed by atoms with Crippen molar-refractivity contribution in [1.29, 1.82) is 0 Å². The van der Waals surface area contributed by atoms with Gasteiger partial charge in [-0.1, -0.05) is 48.5 Å². The van der Waals surface area contributed by atoms with Crippen LogP contribution in [-0.2, 0) is 10.0 Å². The first-order valence-corrected chi connectivity index (χ1v) is 15.5. The number of sulfonamides is 1. The molecule has 0 unspecified atom stereocenters. The smallest absolute Gasteiger partial charge is 0.243 e. The summed E-state index contributed by atoms with van der Waals surface area (Å²) in [5.74, 6) is 2.33. The Kier molecular flexibility index (Phi) is 6.76. The maximum absolute atomic E-state index is 13.5. The van der Waals surface area contributed by atoms with Crippen LogP contribution in [0, 0.1) is 6.92 Å². The zero-order valence-electron chi connectivity index (χ0n) is 23.2. The van der Waals surface area contributed by atoms with E-state index in [0.29, 0.717) is 42.3 Å². The van der Waals surface area contributed by atoms with Crippen molar-refractivity contribution in [2.45, 2.75) is 30.6 Å². The molecule has 4 heterocycles. The molecule has 7 rings (SSSR count). The summed E-state index contributed by atoms with van der Waals surface area (Å²) in [5.41, 5.74) is 6.29. The number of benzene rings is 3. The molecule has 0 aliphatic carbocycles. The van der Waals surface area contributed by atoms with Gasteiger partial charge < -0.3 is 14.5 Å². The third-order valence-electron chi connectivity index (χ3n) is 7.95. The summed E-state index contributed by atoms with van der Waals surface area (Å²) >= 11 is 0. The summed E-state index contributed by atoms with van der Waals surface area (Å²) in [6, 6.07) is 28.8. The lowest BCUT2D eigenvalue weighted by atomic mass is 9.97. The van der Waals surface area contributed by atoms with Crippen LogP contribution in [0.15, 0.2) is 95.9 Å². The van der Waals surface area contributed by atoms with E-state index in [1.54, 1.807) is 16.4 Å². The summed E-state index contributed by atoms with van der Waals surface area (Å²) in [6.45, 7) is 3.01. The molecule has 9 heteroatoms. The quantitative estimate of drug-likeness (QED) is 0.250. The van der Waals surface area contributed by atoms with Gasteiger partial charge in [0.15, 0.2) is 11.5 Å². The Balaban J connectivity index is 1.13. The van der Waals surface area contributed by atoms with Gasteiger partial charge in [-0.05, 0) is 73.4 Å². The summed E-state index contributed by atoms with van der Waals surface area (Å²) in [6.07, 6.45) is 1.33. The number of nitrogens with one attached hydrogen (secondary N) is 1. The first-order chi connectivity index (χ1) is 20.5. The Morgan fingerprint density at radius 3 is 2.26 bits per heavy atom. The molecule has 2 aliphatic heterocycles. The van der Waals surface area contributed by atoms with Crippen LogP contribution < -0.4 is 9.47 Å².